The van der Waals surface area contributed by atoms with Crippen LogP contribution in [0.25, 0.3) is 0 Å². The average Bonchev–Trinajstić information content (AvgIpc) is 1.54. The number of carboxylic acids is 1. The summed E-state index contributed by atoms with van der Waals surface area (Å²) < 4.78 is 204. The number of sulfonamides is 2. The van der Waals surface area contributed by atoms with Gasteiger partial charge in [-0.3, -0.25) is 13.8 Å². The maximum absolute atomic E-state index is 14.1. The Bertz CT molecular complexity index is 5000. The van der Waals surface area contributed by atoms with E-state index in [-0.39, 0.29) is 117 Å². The highest BCUT2D eigenvalue weighted by Gasteiger charge is 2.47. The Labute approximate surface area is 780 Å². The van der Waals surface area contributed by atoms with E-state index in [1.807, 2.05) is 78.0 Å². The van der Waals surface area contributed by atoms with Gasteiger partial charge in [0, 0.05) is 37.3 Å². The minimum atomic E-state index is -5.19. The number of aliphatic carboxylic acids is 1. The Balaban J connectivity index is 0.000000292. The molecule has 6 aromatic rings. The maximum Gasteiger partial charge on any atom is 0.430 e. The number of carbonyl (C=O) groups excluding carboxylic acids is 6. The van der Waals surface area contributed by atoms with E-state index in [9.17, 15) is 73.3 Å². The number of fused-ring (bicyclic) bond motifs is 2. The lowest BCUT2D eigenvalue weighted by atomic mass is 10.00. The van der Waals surface area contributed by atoms with Gasteiger partial charge in [0.1, 0.15) is 48.7 Å². The summed E-state index contributed by atoms with van der Waals surface area (Å²) in [7, 11) is -12.5. The topological polar surface area (TPSA) is 463 Å². The summed E-state index contributed by atoms with van der Waals surface area (Å²) in [6.07, 6.45) is -10.1. The van der Waals surface area contributed by atoms with Crippen LogP contribution in [0, 0.1) is 23.7 Å². The van der Waals surface area contributed by atoms with Crippen molar-refractivity contribution in [2.24, 2.45) is 23.7 Å². The normalized spacial score (nSPS) is 19.1. The summed E-state index contributed by atoms with van der Waals surface area (Å²) in [5, 5.41) is 39.5. The van der Waals surface area contributed by atoms with Crippen molar-refractivity contribution in [1.29, 1.82) is 0 Å². The van der Waals surface area contributed by atoms with Crippen LogP contribution in [0.4, 0.5) is 22.8 Å². The van der Waals surface area contributed by atoms with Crippen LogP contribution in [0.3, 0.4) is 0 Å². The van der Waals surface area contributed by atoms with Crippen LogP contribution in [0.5, 0.6) is 34.5 Å². The van der Waals surface area contributed by atoms with Crippen LogP contribution in [0.1, 0.15) is 122 Å². The van der Waals surface area contributed by atoms with Gasteiger partial charge >= 0.3 is 45.5 Å². The highest BCUT2D eigenvalue weighted by atomic mass is 32.2. The molecule has 4 unspecified atom stereocenters. The quantitative estimate of drug-likeness (QED) is 0.00779. The Morgan fingerprint density at radius 1 is 0.537 bits per heavy atom. The number of aliphatic hydroxyl groups excluding tert-OH is 2. The second-order valence-electron chi connectivity index (χ2n) is 32.1. The first kappa shape index (κ1) is 111. The molecule has 134 heavy (non-hydrogen) atoms. The smallest absolute Gasteiger partial charge is 0.430 e. The number of amides is 2. The number of hydrogen-bond donors (Lipinski definition) is 5. The van der Waals surface area contributed by atoms with E-state index in [4.69, 9.17) is 84.8 Å². The van der Waals surface area contributed by atoms with Crippen LogP contribution in [0.15, 0.2) is 155 Å². The van der Waals surface area contributed by atoms with Crippen LogP contribution < -0.4 is 49.1 Å². The number of methoxy groups -OCH3 is 2. The number of esters is 2. The monoisotopic (exact) mass is 1970 g/mol. The van der Waals surface area contributed by atoms with E-state index in [2.05, 4.69) is 10.6 Å². The number of carboxylic acid groups (broad SMARTS) is 1. The number of nitrogens with two attached hydrogens (primary N) is 1. The fraction of sp³-hybridized carbons (Fsp3) is 0.538. The third-order valence-corrected chi connectivity index (χ3v) is 28.5. The average molecular weight is 1970 g/mol. The number of ether oxygens (including phenoxy) is 12. The number of halogens is 3. The van der Waals surface area contributed by atoms with Gasteiger partial charge in [-0.2, -0.15) is 21.8 Å². The lowest BCUT2D eigenvalue weighted by Crippen LogP contribution is -2.83. The highest BCUT2D eigenvalue weighted by Crippen LogP contribution is 2.53. The lowest BCUT2D eigenvalue weighted by molar-refractivity contribution is -0.667. The molecular formula is C91H126F3N5O31P2S2. The van der Waals surface area contributed by atoms with Gasteiger partial charge in [-0.25, -0.2) is 45.1 Å². The van der Waals surface area contributed by atoms with Crippen LogP contribution in [0.2, 0.25) is 0 Å². The summed E-state index contributed by atoms with van der Waals surface area (Å²) in [6, 6.07) is 38.2. The van der Waals surface area contributed by atoms with Gasteiger partial charge in [-0.1, -0.05) is 107 Å². The second-order valence-corrected chi connectivity index (χ2v) is 40.1. The number of aldehydes is 1. The Morgan fingerprint density at radius 3 is 1.26 bits per heavy atom. The SMILES string of the molecule is CCCP(=O)(Oc1ccccc1OCC)O[C@@H](C)C(=O)OCC.CCOC(=O)[C@H](C)OP(=O)(CC[NH2+]Cc1ccc(C[C@H](NC(=O)OC2CO[C@H]3OCC[C@@H]23)[C@H](O)CN(CC(C)C)S(=O)(=O)c2ccc(OC)cc2)cc1)Oc1ccccc1OCC.COc1ccc(S(=O)(=O)N(CC(C)C)C[C@@H](O)[C@H](Cc2ccc(C=O)cc2)NC(=O)OC2CO[C@H]3OCC[C@@H]23)cc1.O=C([O-])C(F)(F)F. The molecule has 0 aliphatic carbocycles. The van der Waals surface area contributed by atoms with Gasteiger partial charge < -0.3 is 102 Å². The van der Waals surface area contributed by atoms with E-state index in [1.165, 1.54) is 60.9 Å². The van der Waals surface area contributed by atoms with Gasteiger partial charge in [0.2, 0.25) is 20.0 Å². The molecule has 0 saturated carbocycles. The Morgan fingerprint density at radius 2 is 0.910 bits per heavy atom. The number of rotatable bonds is 48. The van der Waals surface area contributed by atoms with E-state index < -0.39 is 133 Å². The molecule has 10 rings (SSSR count). The number of para-hydroxylation sites is 4. The molecular weight excluding hydrogens is 1840 g/mol. The molecule has 0 radical (unpaired) electrons. The second kappa shape index (κ2) is 54.4. The molecule has 43 heteroatoms. The summed E-state index contributed by atoms with van der Waals surface area (Å²) in [5.41, 5.74) is 2.91. The molecule has 0 bridgehead atoms. The van der Waals surface area contributed by atoms with Crippen molar-refractivity contribution >= 4 is 71.6 Å². The molecule has 6 N–H and O–H groups in total. The fourth-order valence-electron chi connectivity index (χ4n) is 14.2. The number of nitrogens with zero attached hydrogens (tertiary/aromatic N) is 2. The first-order valence-electron chi connectivity index (χ1n) is 44.1. The number of nitrogens with one attached hydrogen (secondary N) is 2. The van der Waals surface area contributed by atoms with Crippen molar-refractivity contribution in [3.63, 3.8) is 0 Å². The Hall–Kier alpha value is -9.55. The third-order valence-electron chi connectivity index (χ3n) is 20.7. The van der Waals surface area contributed by atoms with Crippen molar-refractivity contribution in [1.82, 2.24) is 19.2 Å². The summed E-state index contributed by atoms with van der Waals surface area (Å²) >= 11 is 0. The predicted octanol–water partition coefficient (Wildman–Crippen LogP) is 10.5. The molecule has 36 nitrogen and oxygen atoms in total. The molecule has 4 saturated heterocycles. The first-order valence-corrected chi connectivity index (χ1v) is 50.5. The first-order chi connectivity index (χ1) is 63.6. The zero-order valence-electron chi connectivity index (χ0n) is 77.4. The van der Waals surface area contributed by atoms with Crippen LogP contribution in [-0.4, -0.2) is 252 Å². The van der Waals surface area contributed by atoms with Gasteiger partial charge in [0.15, 0.2) is 47.8 Å². The van der Waals surface area contributed by atoms with Gasteiger partial charge in [0.25, 0.3) is 0 Å². The molecule has 6 aromatic carbocycles. The number of hydrogen-bond acceptors (Lipinski definition) is 31. The van der Waals surface area contributed by atoms with Gasteiger partial charge in [-0.15, -0.1) is 0 Å². The molecule has 4 aliphatic heterocycles. The highest BCUT2D eigenvalue weighted by molar-refractivity contribution is 7.89. The molecule has 4 fully saturated rings. The van der Waals surface area contributed by atoms with Gasteiger partial charge in [0.05, 0.1) is 126 Å². The van der Waals surface area contributed by atoms with Crippen LogP contribution >= 0.6 is 15.2 Å². The van der Waals surface area contributed by atoms with Crippen molar-refractivity contribution in [2.45, 2.75) is 192 Å². The molecule has 4 heterocycles. The Kier molecular flexibility index (Phi) is 45.3. The minimum absolute atomic E-state index is 0.0277. The summed E-state index contributed by atoms with van der Waals surface area (Å²) in [5.74, 6) is -2.03. The molecule has 0 spiro atoms. The molecule has 0 aromatic heterocycles. The summed E-state index contributed by atoms with van der Waals surface area (Å²) in [4.78, 5) is 70.5. The predicted molar refractivity (Wildman–Crippen MR) is 480 cm³/mol. The molecule has 14 atom stereocenters. The van der Waals surface area contributed by atoms with Crippen molar-refractivity contribution in [3.8, 4) is 34.5 Å². The summed E-state index contributed by atoms with van der Waals surface area (Å²) in [6.45, 7) is 22.5. The molecule has 2 amide bonds. The minimum Gasteiger partial charge on any atom is -0.542 e. The molecule has 744 valence electrons. The van der Waals surface area contributed by atoms with Crippen molar-refractivity contribution in [2.75, 3.05) is 112 Å². The lowest BCUT2D eigenvalue weighted by Gasteiger charge is -2.31. The maximum atomic E-state index is 14.1. The molecule has 4 aliphatic rings. The van der Waals surface area contributed by atoms with E-state index in [0.29, 0.717) is 93.1 Å². The van der Waals surface area contributed by atoms with Crippen molar-refractivity contribution < 1.29 is 163 Å². The fourth-order valence-corrected chi connectivity index (χ4v) is 21.0. The number of quaternary nitrogens is 1. The van der Waals surface area contributed by atoms with Crippen molar-refractivity contribution in [3.05, 3.63) is 168 Å². The number of carbonyl (C=O) groups is 6. The zero-order chi connectivity index (χ0) is 98.5. The zero-order valence-corrected chi connectivity index (χ0v) is 80.8. The van der Waals surface area contributed by atoms with E-state index in [0.717, 1.165) is 23.0 Å². The number of alkyl halides is 3. The van der Waals surface area contributed by atoms with Crippen LogP contribution in [-0.2, 0) is 110 Å². The van der Waals surface area contributed by atoms with E-state index in [1.54, 1.807) is 111 Å². The third kappa shape index (κ3) is 35.2. The standard InChI is InChI=1S/C44H62N3O14PS.C29H38N2O9S.C16H25O6P.C2HF3O2/c1-7-55-39-11-9-10-12-40(39)61-62(51,60-31(5)42(49)56-8-2)24-22-45-26-33-15-13-32(14-16-33)25-37(46-44(50)59-41-29-58-43-36(41)21-23-57-43)38(48)28-47(27-30(3)4)63(52,53)35-19-17-34(54-6)18-20-35;1-19(2)15-31(41(35,36)23-10-8-22(37-3)9-11-23)16-26(33)25(14-20-4-6-21(17-32)7-5-20)30-29(34)40-27-18-39-28-24(27)12-13-38-28;1-5-12-23(18,21-13(4)16(17)20-7-3)22-15-11-9-8-10-14(15)19-6-2;3-2(4,5)1(6)7/h9-20,30-31,36-38,41,43,45,48H,7-8,21-29H2,1-6H3,(H,46,50);4-11,17,19,24-28,33H,12-16,18H2,1-3H3,(H,30,34);8-11,13H,5-7,12H2,1-4H3;(H,6,7)/t31-,36-,37-,38+,41?,43+,62?;24-,25-,26+,27?,28+;13-,23?;/m000./s1. The van der Waals surface area contributed by atoms with E-state index >= 15 is 0 Å². The van der Waals surface area contributed by atoms with Gasteiger partial charge in [-0.05, 0) is 169 Å². The number of benzene rings is 6. The number of alkyl carbamates (subject to hydrolysis) is 2. The number of aliphatic hydroxyl groups is 2. The largest absolute Gasteiger partial charge is 0.542 e.